The van der Waals surface area contributed by atoms with Gasteiger partial charge in [0.15, 0.2) is 0 Å². The van der Waals surface area contributed by atoms with Gasteiger partial charge in [0, 0.05) is 33.5 Å². The Hall–Kier alpha value is -1.10. The van der Waals surface area contributed by atoms with Crippen molar-refractivity contribution < 1.29 is 8.60 Å². The monoisotopic (exact) mass is 216 g/mol. The number of nitrogens with zero attached hydrogens (tertiary/aromatic N) is 1. The van der Waals surface area contributed by atoms with Gasteiger partial charge >= 0.3 is 0 Å². The normalized spacial score (nSPS) is 14.8. The summed E-state index contributed by atoms with van der Waals surface area (Å²) in [7, 11) is -2.25. The molecule has 0 aliphatic heterocycles. The van der Waals surface area contributed by atoms with Gasteiger partial charge < -0.3 is 5.73 Å². The number of hydrogen-bond donors (Lipinski definition) is 1. The quantitative estimate of drug-likeness (QED) is 0.770. The molecule has 1 atom stereocenters. The first-order valence-corrected chi connectivity index (χ1v) is 6.28. The van der Waals surface area contributed by atoms with Gasteiger partial charge in [-0.15, -0.1) is 0 Å². The van der Waals surface area contributed by atoms with E-state index in [1.807, 2.05) is 0 Å². The molecule has 0 bridgehead atoms. The molecular weight excluding hydrogens is 203 g/mol. The number of nitrogen functional groups attached to an aromatic ring is 1. The van der Waals surface area contributed by atoms with E-state index in [4.69, 9.17) is 5.73 Å². The number of nitrogens with two attached hydrogens (primary N) is 1. The zero-order valence-electron chi connectivity index (χ0n) is 8.16. The molecule has 0 saturated carbocycles. The standard InChI is InChI=1S/C9H13FN2OS/c1-3-14(2,13)12-9-5-7(10)4-8(11)6-9/h4-6H,3,11H2,1-2H3. The maximum Gasteiger partial charge on any atom is 0.127 e. The van der Waals surface area contributed by atoms with Crippen LogP contribution in [0.2, 0.25) is 0 Å². The van der Waals surface area contributed by atoms with Gasteiger partial charge in [0.1, 0.15) is 5.82 Å². The SMILES string of the molecule is CCS(C)(=O)=Nc1cc(N)cc(F)c1. The summed E-state index contributed by atoms with van der Waals surface area (Å²) in [6, 6.07) is 3.92. The first kappa shape index (κ1) is 11.0. The van der Waals surface area contributed by atoms with Crippen LogP contribution in [0.25, 0.3) is 0 Å². The lowest BCUT2D eigenvalue weighted by molar-refractivity contribution is 0.629. The minimum atomic E-state index is -2.25. The zero-order valence-corrected chi connectivity index (χ0v) is 8.97. The van der Waals surface area contributed by atoms with Gasteiger partial charge in [0.05, 0.1) is 5.69 Å². The van der Waals surface area contributed by atoms with E-state index >= 15 is 0 Å². The van der Waals surface area contributed by atoms with Gasteiger partial charge in [-0.1, -0.05) is 6.92 Å². The lowest BCUT2D eigenvalue weighted by atomic mass is 10.3. The van der Waals surface area contributed by atoms with E-state index in [0.717, 1.165) is 0 Å². The lowest BCUT2D eigenvalue weighted by Crippen LogP contribution is -1.98. The Bertz CT molecular complexity index is 430. The minimum absolute atomic E-state index is 0.287. The van der Waals surface area contributed by atoms with Gasteiger partial charge in [-0.3, -0.25) is 0 Å². The molecule has 1 aromatic carbocycles. The number of benzene rings is 1. The second-order valence-electron chi connectivity index (χ2n) is 3.08. The summed E-state index contributed by atoms with van der Waals surface area (Å²) in [5.41, 5.74) is 6.04. The van der Waals surface area contributed by atoms with Gasteiger partial charge in [0.25, 0.3) is 0 Å². The highest BCUT2D eigenvalue weighted by molar-refractivity contribution is 7.93. The summed E-state index contributed by atoms with van der Waals surface area (Å²) in [4.78, 5) is 0. The molecule has 0 radical (unpaired) electrons. The predicted molar refractivity (Wildman–Crippen MR) is 57.5 cm³/mol. The van der Waals surface area contributed by atoms with Crippen molar-refractivity contribution in [1.82, 2.24) is 0 Å². The van der Waals surface area contributed by atoms with Crippen LogP contribution in [0.3, 0.4) is 0 Å². The Morgan fingerprint density at radius 1 is 1.50 bits per heavy atom. The van der Waals surface area contributed by atoms with E-state index in [1.165, 1.54) is 24.5 Å². The van der Waals surface area contributed by atoms with Crippen molar-refractivity contribution in [2.45, 2.75) is 6.92 Å². The maximum atomic E-state index is 12.9. The molecular formula is C9H13FN2OS. The molecule has 78 valence electrons. The first-order valence-electron chi connectivity index (χ1n) is 4.19. The molecule has 0 fully saturated rings. The highest BCUT2D eigenvalue weighted by Crippen LogP contribution is 2.19. The van der Waals surface area contributed by atoms with Crippen LogP contribution in [0.15, 0.2) is 22.6 Å². The Labute approximate surface area is 83.3 Å². The second kappa shape index (κ2) is 3.96. The van der Waals surface area contributed by atoms with E-state index in [2.05, 4.69) is 4.36 Å². The molecule has 0 spiro atoms. The molecule has 1 unspecified atom stereocenters. The van der Waals surface area contributed by atoms with Crippen LogP contribution in [-0.2, 0) is 9.73 Å². The van der Waals surface area contributed by atoms with Crippen LogP contribution in [-0.4, -0.2) is 16.2 Å². The number of anilines is 1. The number of rotatable bonds is 2. The molecule has 0 saturated heterocycles. The largest absolute Gasteiger partial charge is 0.399 e. The van der Waals surface area contributed by atoms with E-state index < -0.39 is 15.5 Å². The maximum absolute atomic E-state index is 12.9. The molecule has 1 aromatic rings. The highest BCUT2D eigenvalue weighted by atomic mass is 32.2. The molecule has 3 nitrogen and oxygen atoms in total. The van der Waals surface area contributed by atoms with Crippen molar-refractivity contribution in [3.8, 4) is 0 Å². The van der Waals surface area contributed by atoms with Crippen molar-refractivity contribution in [2.24, 2.45) is 4.36 Å². The summed E-state index contributed by atoms with van der Waals surface area (Å²) in [5, 5.41) is 0. The van der Waals surface area contributed by atoms with Crippen LogP contribution < -0.4 is 5.73 Å². The number of hydrogen-bond acceptors (Lipinski definition) is 3. The van der Waals surface area contributed by atoms with Crippen molar-refractivity contribution in [1.29, 1.82) is 0 Å². The average Bonchev–Trinajstić information content (AvgIpc) is 2.01. The minimum Gasteiger partial charge on any atom is -0.399 e. The van der Waals surface area contributed by atoms with Crippen molar-refractivity contribution in [2.75, 3.05) is 17.7 Å². The number of halogens is 1. The summed E-state index contributed by atoms with van der Waals surface area (Å²) in [5.74, 6) is -0.0290. The molecule has 0 aliphatic rings. The van der Waals surface area contributed by atoms with E-state index in [1.54, 1.807) is 6.92 Å². The Balaban J connectivity index is 3.22. The fourth-order valence-electron chi connectivity index (χ4n) is 0.936. The van der Waals surface area contributed by atoms with Crippen LogP contribution in [0.4, 0.5) is 15.8 Å². The molecule has 0 aliphatic carbocycles. The third-order valence-electron chi connectivity index (χ3n) is 1.74. The highest BCUT2D eigenvalue weighted by Gasteiger charge is 2.01. The molecule has 2 N–H and O–H groups in total. The molecule has 0 aromatic heterocycles. The molecule has 14 heavy (non-hydrogen) atoms. The average molecular weight is 216 g/mol. The third-order valence-corrected chi connectivity index (χ3v) is 3.41. The summed E-state index contributed by atoms with van der Waals surface area (Å²) < 4.78 is 28.4. The van der Waals surface area contributed by atoms with Gasteiger partial charge in [0.2, 0.25) is 0 Å². The zero-order chi connectivity index (χ0) is 10.8. The third kappa shape index (κ3) is 2.99. The van der Waals surface area contributed by atoms with Gasteiger partial charge in [-0.25, -0.2) is 8.60 Å². The van der Waals surface area contributed by atoms with Crippen LogP contribution >= 0.6 is 0 Å². The van der Waals surface area contributed by atoms with Gasteiger partial charge in [-0.2, -0.15) is 4.36 Å². The molecule has 0 amide bonds. The summed E-state index contributed by atoms with van der Waals surface area (Å²) in [6.45, 7) is 1.77. The van der Waals surface area contributed by atoms with Crippen LogP contribution in [0, 0.1) is 5.82 Å². The first-order chi connectivity index (χ1) is 6.43. The second-order valence-corrected chi connectivity index (χ2v) is 5.76. The van der Waals surface area contributed by atoms with E-state index in [0.29, 0.717) is 11.4 Å². The van der Waals surface area contributed by atoms with E-state index in [-0.39, 0.29) is 5.69 Å². The Morgan fingerprint density at radius 3 is 2.64 bits per heavy atom. The van der Waals surface area contributed by atoms with Gasteiger partial charge in [-0.05, 0) is 12.1 Å². The van der Waals surface area contributed by atoms with Crippen LogP contribution in [0.1, 0.15) is 6.92 Å². The Kier molecular flexibility index (Phi) is 3.10. The predicted octanol–water partition coefficient (Wildman–Crippen LogP) is 2.16. The van der Waals surface area contributed by atoms with Crippen molar-refractivity contribution in [3.05, 3.63) is 24.0 Å². The van der Waals surface area contributed by atoms with Crippen molar-refractivity contribution in [3.63, 3.8) is 0 Å². The van der Waals surface area contributed by atoms with E-state index in [9.17, 15) is 8.60 Å². The fraction of sp³-hybridized carbons (Fsp3) is 0.333. The molecule has 0 heterocycles. The fourth-order valence-corrected chi connectivity index (χ4v) is 1.62. The topological polar surface area (TPSA) is 55.5 Å². The van der Waals surface area contributed by atoms with Crippen LogP contribution in [0.5, 0.6) is 0 Å². The smallest absolute Gasteiger partial charge is 0.127 e. The summed E-state index contributed by atoms with van der Waals surface area (Å²) in [6.07, 6.45) is 1.54. The Morgan fingerprint density at radius 2 is 2.14 bits per heavy atom. The molecule has 5 heteroatoms. The lowest BCUT2D eigenvalue weighted by Gasteiger charge is -2.01. The molecule has 1 rings (SSSR count). The van der Waals surface area contributed by atoms with Crippen molar-refractivity contribution >= 4 is 21.1 Å². The summed E-state index contributed by atoms with van der Waals surface area (Å²) >= 11 is 0.